The number of phenols is 1. The number of fused-ring (bicyclic) bond motifs is 1. The van der Waals surface area contributed by atoms with Crippen LogP contribution in [0.2, 0.25) is 0 Å². The molecular weight excluding hydrogens is 374 g/mol. The maximum atomic E-state index is 12.1. The van der Waals surface area contributed by atoms with Crippen LogP contribution in [0.4, 0.5) is 5.69 Å². The highest BCUT2D eigenvalue weighted by molar-refractivity contribution is 7.99. The second-order valence-corrected chi connectivity index (χ2v) is 7.16. The first-order chi connectivity index (χ1) is 13.6. The largest absolute Gasteiger partial charge is 0.508 e. The Bertz CT molecular complexity index is 1150. The number of hydrogen-bond acceptors (Lipinski definition) is 6. The van der Waals surface area contributed by atoms with Crippen LogP contribution < -0.4 is 5.32 Å². The molecule has 0 atom stereocenters. The fraction of sp³-hybridized carbons (Fsp3) is 0.0952. The van der Waals surface area contributed by atoms with Crippen LogP contribution in [-0.2, 0) is 4.79 Å². The zero-order valence-corrected chi connectivity index (χ0v) is 15.9. The van der Waals surface area contributed by atoms with Gasteiger partial charge in [0.1, 0.15) is 5.75 Å². The summed E-state index contributed by atoms with van der Waals surface area (Å²) in [5, 5.41) is 22.9. The van der Waals surface area contributed by atoms with Gasteiger partial charge in [0.25, 0.3) is 5.22 Å². The van der Waals surface area contributed by atoms with Crippen molar-refractivity contribution in [3.63, 3.8) is 0 Å². The molecule has 2 N–H and O–H groups in total. The molecule has 4 aromatic rings. The molecular formula is C21H17N3O3S. The highest BCUT2D eigenvalue weighted by Crippen LogP contribution is 2.29. The van der Waals surface area contributed by atoms with E-state index in [1.807, 2.05) is 42.5 Å². The van der Waals surface area contributed by atoms with Gasteiger partial charge in [-0.1, -0.05) is 48.2 Å². The second kappa shape index (κ2) is 7.74. The first kappa shape index (κ1) is 18.1. The maximum absolute atomic E-state index is 12.1. The summed E-state index contributed by atoms with van der Waals surface area (Å²) in [6.45, 7) is 1.77. The lowest BCUT2D eigenvalue weighted by Gasteiger charge is -2.06. The van der Waals surface area contributed by atoms with Gasteiger partial charge in [-0.05, 0) is 47.5 Å². The number of anilines is 1. The number of hydrogen-bond donors (Lipinski definition) is 2. The third kappa shape index (κ3) is 3.84. The number of carbonyl (C=O) groups is 1. The zero-order chi connectivity index (χ0) is 19.5. The lowest BCUT2D eigenvalue weighted by molar-refractivity contribution is -0.113. The minimum atomic E-state index is -0.194. The van der Waals surface area contributed by atoms with Gasteiger partial charge >= 0.3 is 0 Å². The molecule has 4 rings (SSSR count). The number of carbonyl (C=O) groups excluding carboxylic acids is 1. The molecule has 0 unspecified atom stereocenters. The minimum absolute atomic E-state index is 0.136. The number of thioether (sulfide) groups is 1. The lowest BCUT2D eigenvalue weighted by Crippen LogP contribution is -2.14. The number of nitrogens with zero attached hydrogens (tertiary/aromatic N) is 2. The molecule has 3 aromatic carbocycles. The molecule has 0 radical (unpaired) electrons. The predicted molar refractivity (Wildman–Crippen MR) is 109 cm³/mol. The molecule has 0 bridgehead atoms. The molecule has 0 aliphatic carbocycles. The Kier molecular flexibility index (Phi) is 4.99. The first-order valence-electron chi connectivity index (χ1n) is 8.64. The average Bonchev–Trinajstić information content (AvgIpc) is 3.18. The SMILES string of the molecule is Cc1cc(NC(=O)CSc2nnc(-c3cccc4ccccc34)o2)ccc1O. The Morgan fingerprint density at radius 2 is 1.93 bits per heavy atom. The standard InChI is InChI=1S/C21H17N3O3S/c1-13-11-15(9-10-18(13)25)22-19(26)12-28-21-24-23-20(27-21)17-8-4-6-14-5-2-3-7-16(14)17/h2-11,25H,12H2,1H3,(H,22,26). The van der Waals surface area contributed by atoms with Crippen LogP contribution in [0.15, 0.2) is 70.3 Å². The quantitative estimate of drug-likeness (QED) is 0.381. The number of aryl methyl sites for hydroxylation is 1. The van der Waals surface area contributed by atoms with Gasteiger partial charge in [-0.25, -0.2) is 0 Å². The van der Waals surface area contributed by atoms with Gasteiger partial charge in [0, 0.05) is 11.3 Å². The Morgan fingerprint density at radius 1 is 1.11 bits per heavy atom. The van der Waals surface area contributed by atoms with Crippen molar-refractivity contribution < 1.29 is 14.3 Å². The van der Waals surface area contributed by atoms with Crippen LogP contribution in [0.25, 0.3) is 22.2 Å². The number of aromatic hydroxyl groups is 1. The summed E-state index contributed by atoms with van der Waals surface area (Å²) < 4.78 is 5.74. The van der Waals surface area contributed by atoms with E-state index in [-0.39, 0.29) is 17.4 Å². The molecule has 140 valence electrons. The highest BCUT2D eigenvalue weighted by Gasteiger charge is 2.13. The molecule has 0 aliphatic rings. The van der Waals surface area contributed by atoms with Crippen LogP contribution in [0.5, 0.6) is 5.75 Å². The molecule has 6 nitrogen and oxygen atoms in total. The minimum Gasteiger partial charge on any atom is -0.508 e. The van der Waals surface area contributed by atoms with Gasteiger partial charge in [0.05, 0.1) is 5.75 Å². The summed E-state index contributed by atoms with van der Waals surface area (Å²) in [6, 6.07) is 18.8. The second-order valence-electron chi connectivity index (χ2n) is 6.24. The van der Waals surface area contributed by atoms with E-state index in [1.165, 1.54) is 11.8 Å². The van der Waals surface area contributed by atoms with Gasteiger partial charge in [-0.15, -0.1) is 10.2 Å². The summed E-state index contributed by atoms with van der Waals surface area (Å²) in [5.41, 5.74) is 2.19. The Labute approximate surface area is 165 Å². The maximum Gasteiger partial charge on any atom is 0.277 e. The molecule has 1 aromatic heterocycles. The molecule has 1 amide bonds. The van der Waals surface area contributed by atoms with Gasteiger partial charge in [-0.2, -0.15) is 0 Å². The summed E-state index contributed by atoms with van der Waals surface area (Å²) in [6.07, 6.45) is 0. The number of phenolic OH excluding ortho intramolecular Hbond substituents is 1. The van der Waals surface area contributed by atoms with Crippen LogP contribution in [0.3, 0.4) is 0 Å². The van der Waals surface area contributed by atoms with Crippen molar-refractivity contribution in [3.8, 4) is 17.2 Å². The Balaban J connectivity index is 1.43. The zero-order valence-electron chi connectivity index (χ0n) is 15.0. The topological polar surface area (TPSA) is 88.3 Å². The molecule has 7 heteroatoms. The van der Waals surface area contributed by atoms with Crippen LogP contribution in [-0.4, -0.2) is 27.0 Å². The fourth-order valence-corrected chi connectivity index (χ4v) is 3.41. The highest BCUT2D eigenvalue weighted by atomic mass is 32.2. The number of benzene rings is 3. The van der Waals surface area contributed by atoms with Crippen LogP contribution in [0, 0.1) is 6.92 Å². The van der Waals surface area contributed by atoms with E-state index in [2.05, 4.69) is 15.5 Å². The van der Waals surface area contributed by atoms with Crippen molar-refractivity contribution in [1.29, 1.82) is 0 Å². The Morgan fingerprint density at radius 3 is 2.79 bits per heavy atom. The van der Waals surface area contributed by atoms with Crippen LogP contribution >= 0.6 is 11.8 Å². The van der Waals surface area contributed by atoms with E-state index < -0.39 is 0 Å². The summed E-state index contributed by atoms with van der Waals surface area (Å²) in [7, 11) is 0. The average molecular weight is 391 g/mol. The van der Waals surface area contributed by atoms with Crippen molar-refractivity contribution in [3.05, 3.63) is 66.2 Å². The van der Waals surface area contributed by atoms with E-state index in [1.54, 1.807) is 25.1 Å². The molecule has 0 spiro atoms. The fourth-order valence-electron chi connectivity index (χ4n) is 2.85. The molecule has 28 heavy (non-hydrogen) atoms. The molecule has 0 saturated heterocycles. The normalized spacial score (nSPS) is 10.9. The van der Waals surface area contributed by atoms with E-state index in [0.29, 0.717) is 22.4 Å². The summed E-state index contributed by atoms with van der Waals surface area (Å²) in [4.78, 5) is 12.1. The van der Waals surface area contributed by atoms with Gasteiger partial charge in [-0.3, -0.25) is 4.79 Å². The van der Waals surface area contributed by atoms with E-state index in [9.17, 15) is 9.90 Å². The summed E-state index contributed by atoms with van der Waals surface area (Å²) in [5.74, 6) is 0.560. The number of amides is 1. The smallest absolute Gasteiger partial charge is 0.277 e. The van der Waals surface area contributed by atoms with Gasteiger partial charge in [0.2, 0.25) is 11.8 Å². The van der Waals surface area contributed by atoms with Gasteiger partial charge < -0.3 is 14.8 Å². The number of aromatic nitrogens is 2. The van der Waals surface area contributed by atoms with Crippen molar-refractivity contribution >= 4 is 34.1 Å². The number of rotatable bonds is 5. The van der Waals surface area contributed by atoms with Crippen molar-refractivity contribution in [1.82, 2.24) is 10.2 Å². The van der Waals surface area contributed by atoms with E-state index >= 15 is 0 Å². The van der Waals surface area contributed by atoms with Crippen LogP contribution in [0.1, 0.15) is 5.56 Å². The van der Waals surface area contributed by atoms with Crippen molar-refractivity contribution in [2.45, 2.75) is 12.1 Å². The first-order valence-corrected chi connectivity index (χ1v) is 9.62. The van der Waals surface area contributed by atoms with E-state index in [4.69, 9.17) is 4.42 Å². The third-order valence-corrected chi connectivity index (χ3v) is 5.05. The predicted octanol–water partition coefficient (Wildman–Crippen LogP) is 4.63. The van der Waals surface area contributed by atoms with Crippen molar-refractivity contribution in [2.24, 2.45) is 0 Å². The molecule has 0 saturated carbocycles. The Hall–Kier alpha value is -3.32. The van der Waals surface area contributed by atoms with Crippen molar-refractivity contribution in [2.75, 3.05) is 11.1 Å². The molecule has 0 aliphatic heterocycles. The molecule has 1 heterocycles. The number of nitrogens with one attached hydrogen (secondary N) is 1. The van der Waals surface area contributed by atoms with Gasteiger partial charge in [0.15, 0.2) is 0 Å². The monoisotopic (exact) mass is 391 g/mol. The lowest BCUT2D eigenvalue weighted by atomic mass is 10.0. The molecule has 0 fully saturated rings. The summed E-state index contributed by atoms with van der Waals surface area (Å²) >= 11 is 1.17. The third-order valence-electron chi connectivity index (χ3n) is 4.23. The van der Waals surface area contributed by atoms with E-state index in [0.717, 1.165) is 16.3 Å².